The van der Waals surface area contributed by atoms with Gasteiger partial charge in [-0.05, 0) is 42.7 Å². The Morgan fingerprint density at radius 1 is 1.24 bits per heavy atom. The summed E-state index contributed by atoms with van der Waals surface area (Å²) in [6, 6.07) is 3.94. The van der Waals surface area contributed by atoms with Crippen LogP contribution < -0.4 is 4.87 Å². The van der Waals surface area contributed by atoms with Crippen LogP contribution in [0.2, 0.25) is 0 Å². The van der Waals surface area contributed by atoms with E-state index in [9.17, 15) is 19.2 Å². The van der Waals surface area contributed by atoms with Crippen LogP contribution in [0.25, 0.3) is 0 Å². The summed E-state index contributed by atoms with van der Waals surface area (Å²) in [6.07, 6.45) is 4.45. The number of carbonyl (C=O) groups is 3. The van der Waals surface area contributed by atoms with Crippen molar-refractivity contribution >= 4 is 40.9 Å². The molecule has 1 saturated heterocycles. The Hall–Kier alpha value is -2.46. The maximum atomic E-state index is 13.4. The van der Waals surface area contributed by atoms with E-state index in [-0.39, 0.29) is 77.0 Å². The number of ether oxygens (including phenoxy) is 1. The second kappa shape index (κ2) is 7.80. The predicted molar refractivity (Wildman–Crippen MR) is 121 cm³/mol. The monoisotopic (exact) mass is 485 g/mol. The number of likely N-dealkylation sites (tertiary alicyclic amines) is 1. The summed E-state index contributed by atoms with van der Waals surface area (Å²) in [5, 5.41) is 1.04. The van der Waals surface area contributed by atoms with E-state index >= 15 is 0 Å². The van der Waals surface area contributed by atoms with Crippen molar-refractivity contribution in [3.63, 3.8) is 0 Å². The molecular weight excluding hydrogens is 462 g/mol. The maximum absolute atomic E-state index is 13.4. The number of imide groups is 1. The van der Waals surface area contributed by atoms with Gasteiger partial charge in [-0.25, -0.2) is 0 Å². The molecule has 7 atom stereocenters. The molecule has 1 N–H and O–H groups in total. The number of aromatic nitrogens is 2. The Morgan fingerprint density at radius 3 is 2.76 bits per heavy atom. The largest absolute Gasteiger partial charge is 0.466 e. The number of aromatic amines is 1. The van der Waals surface area contributed by atoms with Gasteiger partial charge in [0.2, 0.25) is 11.8 Å². The second-order valence-corrected chi connectivity index (χ2v) is 11.3. The fourth-order valence-electron chi connectivity index (χ4n) is 6.67. The molecule has 6 rings (SSSR count). The van der Waals surface area contributed by atoms with Gasteiger partial charge in [0.05, 0.1) is 29.9 Å². The molecule has 3 fully saturated rings. The number of hydrogen-bond acceptors (Lipinski definition) is 8. The lowest BCUT2D eigenvalue weighted by atomic mass is 9.68. The van der Waals surface area contributed by atoms with Crippen molar-refractivity contribution in [2.45, 2.75) is 36.0 Å². The Kier molecular flexibility index (Phi) is 4.99. The molecule has 0 spiro atoms. The Labute approximate surface area is 198 Å². The smallest absolute Gasteiger partial charge is 0.307 e. The van der Waals surface area contributed by atoms with Gasteiger partial charge in [-0.1, -0.05) is 17.4 Å². The number of hydrogen-bond donors (Lipinski definition) is 1. The van der Waals surface area contributed by atoms with Crippen LogP contribution in [-0.4, -0.2) is 51.1 Å². The van der Waals surface area contributed by atoms with Crippen LogP contribution in [0.4, 0.5) is 0 Å². The summed E-state index contributed by atoms with van der Waals surface area (Å²) >= 11 is 2.91. The molecule has 172 valence electrons. The van der Waals surface area contributed by atoms with Crippen LogP contribution in [0.3, 0.4) is 0 Å². The number of esters is 1. The average molecular weight is 486 g/mol. The highest BCUT2D eigenvalue weighted by molar-refractivity contribution is 8.00. The lowest BCUT2D eigenvalue weighted by molar-refractivity contribution is -0.145. The van der Waals surface area contributed by atoms with E-state index < -0.39 is 5.97 Å². The molecule has 4 heterocycles. The molecule has 33 heavy (non-hydrogen) atoms. The van der Waals surface area contributed by atoms with E-state index in [0.717, 1.165) is 21.9 Å². The van der Waals surface area contributed by atoms with Crippen molar-refractivity contribution in [1.29, 1.82) is 0 Å². The van der Waals surface area contributed by atoms with Crippen molar-refractivity contribution in [3.05, 3.63) is 44.6 Å². The quantitative estimate of drug-likeness (QED) is 0.511. The molecule has 0 radical (unpaired) electrons. The molecule has 4 aliphatic rings. The first kappa shape index (κ1) is 21.1. The van der Waals surface area contributed by atoms with Crippen LogP contribution in [0, 0.1) is 29.6 Å². The molecule has 8 nitrogen and oxygen atoms in total. The van der Waals surface area contributed by atoms with Crippen molar-refractivity contribution in [3.8, 4) is 0 Å². The van der Waals surface area contributed by atoms with E-state index in [0.29, 0.717) is 0 Å². The van der Waals surface area contributed by atoms with Crippen LogP contribution in [0.15, 0.2) is 34.3 Å². The molecule has 0 aromatic carbocycles. The fraction of sp³-hybridized carbons (Fsp3) is 0.522. The van der Waals surface area contributed by atoms with Gasteiger partial charge in [0.15, 0.2) is 0 Å². The summed E-state index contributed by atoms with van der Waals surface area (Å²) in [6.45, 7) is 2.09. The lowest BCUT2D eigenvalue weighted by Crippen LogP contribution is -2.42. The third kappa shape index (κ3) is 3.06. The predicted octanol–water partition coefficient (Wildman–Crippen LogP) is 2.26. The minimum absolute atomic E-state index is 0.0173. The Bertz CT molecular complexity index is 1190. The van der Waals surface area contributed by atoms with Gasteiger partial charge in [0.1, 0.15) is 0 Å². The number of nitrogens with one attached hydrogen (secondary N) is 1. The molecule has 2 saturated carbocycles. The minimum Gasteiger partial charge on any atom is -0.466 e. The zero-order valence-electron chi connectivity index (χ0n) is 17.9. The van der Waals surface area contributed by atoms with Gasteiger partial charge in [-0.2, -0.15) is 0 Å². The van der Waals surface area contributed by atoms with Crippen molar-refractivity contribution in [1.82, 2.24) is 14.9 Å². The maximum Gasteiger partial charge on any atom is 0.307 e. The summed E-state index contributed by atoms with van der Waals surface area (Å²) in [5.74, 6) is -1.09. The molecule has 2 bridgehead atoms. The number of carbonyl (C=O) groups excluding carboxylic acids is 3. The van der Waals surface area contributed by atoms with Crippen LogP contribution >= 0.6 is 23.1 Å². The number of rotatable bonds is 5. The molecular formula is C23H23N3O5S2. The average Bonchev–Trinajstić information content (AvgIpc) is 3.52. The number of fused-ring (bicyclic) bond motifs is 9. The standard InChI is InChI=1S/C23H23N3O5S2/c1-2-31-13(27)5-7-26-21(28)16-11-8-12(17(16)22(26)29)18-15(11)14(10-4-3-6-24-9-10)19-20(32-18)25-23(30)33-19/h3-4,6,9,11-12,14-18H,2,5,7-8H2,1H3,(H,25,30). The van der Waals surface area contributed by atoms with Gasteiger partial charge in [-0.3, -0.25) is 29.1 Å². The molecule has 2 aliphatic carbocycles. The molecule has 2 aromatic rings. The number of thioether (sulfide) groups is 1. The van der Waals surface area contributed by atoms with Gasteiger partial charge in [0, 0.05) is 35.0 Å². The van der Waals surface area contributed by atoms with E-state index in [4.69, 9.17) is 4.74 Å². The normalized spacial score (nSPS) is 33.7. The molecule has 2 aliphatic heterocycles. The highest BCUT2D eigenvalue weighted by Crippen LogP contribution is 2.68. The Balaban J connectivity index is 1.34. The zero-order chi connectivity index (χ0) is 22.9. The van der Waals surface area contributed by atoms with Crippen LogP contribution in [-0.2, 0) is 19.1 Å². The van der Waals surface area contributed by atoms with Crippen LogP contribution in [0.5, 0.6) is 0 Å². The Morgan fingerprint density at radius 2 is 2.03 bits per heavy atom. The van der Waals surface area contributed by atoms with Crippen LogP contribution in [0.1, 0.15) is 36.1 Å². The number of amides is 2. The summed E-state index contributed by atoms with van der Waals surface area (Å²) < 4.78 is 4.97. The van der Waals surface area contributed by atoms with Crippen molar-refractivity contribution < 1.29 is 19.1 Å². The van der Waals surface area contributed by atoms with E-state index in [1.165, 1.54) is 16.2 Å². The number of nitrogens with zero attached hydrogens (tertiary/aromatic N) is 2. The molecule has 2 aromatic heterocycles. The third-order valence-corrected chi connectivity index (χ3v) is 10.3. The second-order valence-electron chi connectivity index (χ2n) is 9.13. The van der Waals surface area contributed by atoms with Gasteiger partial charge in [-0.15, -0.1) is 11.8 Å². The SMILES string of the molecule is CCOC(=O)CCN1C(=O)C2C3CC(C2C1=O)C1C(c2cccnc2)c2sc(=O)[nH]c2SC31. The van der Waals surface area contributed by atoms with E-state index in [2.05, 4.69) is 9.97 Å². The first-order valence-electron chi connectivity index (χ1n) is 11.3. The highest BCUT2D eigenvalue weighted by Gasteiger charge is 2.69. The first-order chi connectivity index (χ1) is 16.0. The molecule has 7 unspecified atom stereocenters. The summed E-state index contributed by atoms with van der Waals surface area (Å²) in [7, 11) is 0. The van der Waals surface area contributed by atoms with Gasteiger partial charge in [0.25, 0.3) is 0 Å². The summed E-state index contributed by atoms with van der Waals surface area (Å²) in [5.41, 5.74) is 1.05. The number of H-pyrrole nitrogens is 1. The lowest BCUT2D eigenvalue weighted by Gasteiger charge is -2.42. The van der Waals surface area contributed by atoms with E-state index in [1.54, 1.807) is 24.9 Å². The third-order valence-electron chi connectivity index (χ3n) is 7.70. The summed E-state index contributed by atoms with van der Waals surface area (Å²) in [4.78, 5) is 60.3. The van der Waals surface area contributed by atoms with Crippen molar-refractivity contribution in [2.24, 2.45) is 29.6 Å². The number of pyridine rings is 1. The first-order valence-corrected chi connectivity index (χ1v) is 13.0. The van der Waals surface area contributed by atoms with E-state index in [1.807, 2.05) is 18.3 Å². The van der Waals surface area contributed by atoms with Gasteiger partial charge < -0.3 is 9.72 Å². The highest BCUT2D eigenvalue weighted by atomic mass is 32.2. The number of thiazole rings is 1. The molecule has 2 amide bonds. The molecule has 10 heteroatoms. The van der Waals surface area contributed by atoms with Crippen molar-refractivity contribution in [2.75, 3.05) is 13.2 Å². The van der Waals surface area contributed by atoms with Gasteiger partial charge >= 0.3 is 10.8 Å². The fourth-order valence-corrected chi connectivity index (χ4v) is 9.56. The minimum atomic E-state index is -0.396. The zero-order valence-corrected chi connectivity index (χ0v) is 19.6. The topological polar surface area (TPSA) is 109 Å².